The quantitative estimate of drug-likeness (QED) is 0.595. The summed E-state index contributed by atoms with van der Waals surface area (Å²) in [5.74, 6) is 0.457. The van der Waals surface area contributed by atoms with Crippen LogP contribution in [0.4, 0.5) is 4.79 Å². The van der Waals surface area contributed by atoms with Crippen molar-refractivity contribution in [2.75, 3.05) is 7.11 Å². The number of ether oxygens (including phenoxy) is 2. The van der Waals surface area contributed by atoms with Crippen molar-refractivity contribution in [3.8, 4) is 0 Å². The van der Waals surface area contributed by atoms with Gasteiger partial charge in [0.2, 0.25) is 0 Å². The maximum Gasteiger partial charge on any atom is 2.00 e. The van der Waals surface area contributed by atoms with Crippen molar-refractivity contribution in [3.63, 3.8) is 0 Å². The topological polar surface area (TPSA) is 64.6 Å². The standard InChI is InChI=1S/C14H20NO4.C5H5.Fe/c1-14(2,3)19-13(17)15-11(12(16)18-4)9-10-7-5-6-8-10;1-2-4-5-3-1;/h5-8,11H,9H2,1-4H3,(H,15,17);1-5H;/q;;+2/t11-;;/m0../s1. The number of hydrogen-bond acceptors (Lipinski definition) is 4. The minimum Gasteiger partial charge on any atom is -0.467 e. The van der Waals surface area contributed by atoms with Crippen molar-refractivity contribution < 1.29 is 36.1 Å². The van der Waals surface area contributed by atoms with Crippen LogP contribution in [-0.2, 0) is 31.3 Å². The fraction of sp³-hybridized carbons (Fsp3) is 0.368. The molecule has 6 heteroatoms. The Labute approximate surface area is 163 Å². The normalized spacial score (nSPS) is 18.4. The Balaban J connectivity index is 0.000000820. The molecule has 0 heterocycles. The number of rotatable bonds is 4. The van der Waals surface area contributed by atoms with Gasteiger partial charge in [0, 0.05) is 0 Å². The molecule has 1 N–H and O–H groups in total. The van der Waals surface area contributed by atoms with Gasteiger partial charge in [-0.1, -0.05) is 0 Å². The Bertz CT molecular complexity index is 378. The second kappa shape index (κ2) is 12.6. The van der Waals surface area contributed by atoms with Gasteiger partial charge in [-0.3, -0.25) is 0 Å². The molecular formula is C19H25FeNO4+2. The summed E-state index contributed by atoms with van der Waals surface area (Å²) in [6.45, 7) is 5.28. The van der Waals surface area contributed by atoms with E-state index in [-0.39, 0.29) is 17.1 Å². The maximum atomic E-state index is 11.7. The summed E-state index contributed by atoms with van der Waals surface area (Å²) in [5, 5.41) is 2.53. The molecule has 0 aromatic rings. The third kappa shape index (κ3) is 11.5. The monoisotopic (exact) mass is 387 g/mol. The molecule has 0 spiro atoms. The van der Waals surface area contributed by atoms with Gasteiger partial charge in [0.05, 0.1) is 7.11 Å². The van der Waals surface area contributed by atoms with Crippen LogP contribution in [0.5, 0.6) is 0 Å². The molecule has 0 unspecified atom stereocenters. The van der Waals surface area contributed by atoms with Gasteiger partial charge in [-0.05, 0) is 90.9 Å². The minimum absolute atomic E-state index is 0. The Kier molecular flexibility index (Phi) is 12.2. The van der Waals surface area contributed by atoms with Crippen LogP contribution in [0.3, 0.4) is 0 Å². The van der Waals surface area contributed by atoms with Crippen LogP contribution in [0.25, 0.3) is 0 Å². The molecule has 136 valence electrons. The van der Waals surface area contributed by atoms with Crippen LogP contribution in [0.2, 0.25) is 0 Å². The number of amides is 1. The van der Waals surface area contributed by atoms with Crippen molar-refractivity contribution in [3.05, 3.63) is 63.7 Å². The number of esters is 1. The number of carbonyl (C=O) groups excluding carboxylic acids is 2. The molecular weight excluding hydrogens is 362 g/mol. The summed E-state index contributed by atoms with van der Waals surface area (Å²) in [6.07, 6.45) is 17.3. The maximum absolute atomic E-state index is 11.7. The van der Waals surface area contributed by atoms with Crippen molar-refractivity contribution >= 4 is 12.1 Å². The molecule has 10 radical (unpaired) electrons. The first kappa shape index (κ1) is 24.3. The van der Waals surface area contributed by atoms with Gasteiger partial charge >= 0.3 is 29.1 Å². The molecule has 0 aliphatic heterocycles. The van der Waals surface area contributed by atoms with Crippen molar-refractivity contribution in [2.45, 2.75) is 38.8 Å². The molecule has 25 heavy (non-hydrogen) atoms. The van der Waals surface area contributed by atoms with E-state index >= 15 is 0 Å². The van der Waals surface area contributed by atoms with E-state index in [0.717, 1.165) is 5.92 Å². The largest absolute Gasteiger partial charge is 2.00 e. The SMILES string of the molecule is COC(=O)[C@H](C[C]1[CH][CH][CH][CH]1)NC(=O)OC(C)(C)C.[CH]1[CH][CH][CH][CH]1.[Fe+2]. The zero-order chi connectivity index (χ0) is 18.0. The van der Waals surface area contributed by atoms with E-state index in [2.05, 4.69) is 10.1 Å². The Morgan fingerprint density at radius 2 is 1.48 bits per heavy atom. The van der Waals surface area contributed by atoms with Crippen LogP contribution >= 0.6 is 0 Å². The summed E-state index contributed by atoms with van der Waals surface area (Å²) in [4.78, 5) is 23.3. The second-order valence-corrected chi connectivity index (χ2v) is 6.18. The summed E-state index contributed by atoms with van der Waals surface area (Å²) in [7, 11) is 1.29. The van der Waals surface area contributed by atoms with E-state index in [0.29, 0.717) is 6.42 Å². The van der Waals surface area contributed by atoms with Crippen LogP contribution in [-0.4, -0.2) is 30.8 Å². The average Bonchev–Trinajstić information content (AvgIpc) is 3.19. The first-order valence-corrected chi connectivity index (χ1v) is 7.76. The van der Waals surface area contributed by atoms with Gasteiger partial charge in [-0.2, -0.15) is 0 Å². The van der Waals surface area contributed by atoms with E-state index < -0.39 is 23.7 Å². The first-order valence-electron chi connectivity index (χ1n) is 7.76. The van der Waals surface area contributed by atoms with E-state index in [1.54, 1.807) is 20.8 Å². The molecule has 5 nitrogen and oxygen atoms in total. The summed E-state index contributed by atoms with van der Waals surface area (Å²) < 4.78 is 9.81. The number of carbonyl (C=O) groups is 2. The number of nitrogens with one attached hydrogen (secondary N) is 1. The molecule has 0 aromatic heterocycles. The molecule has 1 atom stereocenters. The number of hydrogen-bond donors (Lipinski definition) is 1. The predicted molar refractivity (Wildman–Crippen MR) is 91.7 cm³/mol. The second-order valence-electron chi connectivity index (χ2n) is 6.18. The molecule has 0 aromatic carbocycles. The average molecular weight is 387 g/mol. The van der Waals surface area contributed by atoms with Gasteiger partial charge in [0.15, 0.2) is 0 Å². The number of alkyl carbamates (subject to hydrolysis) is 1. The third-order valence-corrected chi connectivity index (χ3v) is 2.90. The molecule has 2 fully saturated rings. The van der Waals surface area contributed by atoms with Gasteiger partial charge in [0.1, 0.15) is 11.6 Å². The number of methoxy groups -OCH3 is 1. The molecule has 2 aliphatic rings. The van der Waals surface area contributed by atoms with Crippen LogP contribution in [0.15, 0.2) is 0 Å². The predicted octanol–water partition coefficient (Wildman–Crippen LogP) is 2.87. The first-order chi connectivity index (χ1) is 11.3. The Morgan fingerprint density at radius 3 is 1.88 bits per heavy atom. The molecule has 2 saturated carbocycles. The molecule has 0 bridgehead atoms. The van der Waals surface area contributed by atoms with E-state index in [1.165, 1.54) is 7.11 Å². The molecule has 1 amide bonds. The van der Waals surface area contributed by atoms with Gasteiger partial charge in [0.25, 0.3) is 0 Å². The summed E-state index contributed by atoms with van der Waals surface area (Å²) in [6, 6.07) is -0.748. The fourth-order valence-electron chi connectivity index (χ4n) is 1.89. The zero-order valence-corrected chi connectivity index (χ0v) is 16.1. The van der Waals surface area contributed by atoms with Crippen LogP contribution < -0.4 is 5.32 Å². The smallest absolute Gasteiger partial charge is 0.467 e. The van der Waals surface area contributed by atoms with Crippen LogP contribution in [0, 0.1) is 63.7 Å². The van der Waals surface area contributed by atoms with Crippen LogP contribution in [0.1, 0.15) is 27.2 Å². The molecule has 2 aliphatic carbocycles. The zero-order valence-electron chi connectivity index (χ0n) is 15.0. The van der Waals surface area contributed by atoms with Gasteiger partial charge in [-0.15, -0.1) is 0 Å². The Morgan fingerprint density at radius 1 is 1.00 bits per heavy atom. The minimum atomic E-state index is -0.748. The van der Waals surface area contributed by atoms with E-state index in [4.69, 9.17) is 4.74 Å². The van der Waals surface area contributed by atoms with Crippen molar-refractivity contribution in [1.82, 2.24) is 5.32 Å². The summed E-state index contributed by atoms with van der Waals surface area (Å²) in [5.41, 5.74) is -0.606. The third-order valence-electron chi connectivity index (χ3n) is 2.90. The van der Waals surface area contributed by atoms with E-state index in [1.807, 2.05) is 57.8 Å². The van der Waals surface area contributed by atoms with E-state index in [9.17, 15) is 9.59 Å². The molecule has 0 saturated heterocycles. The molecule has 2 rings (SSSR count). The van der Waals surface area contributed by atoms with Gasteiger partial charge in [-0.25, -0.2) is 9.59 Å². The fourth-order valence-corrected chi connectivity index (χ4v) is 1.89. The Hall–Kier alpha value is -0.741. The van der Waals surface area contributed by atoms with Gasteiger partial charge < -0.3 is 14.8 Å². The van der Waals surface area contributed by atoms with Crippen molar-refractivity contribution in [2.24, 2.45) is 0 Å². The van der Waals surface area contributed by atoms with Crippen molar-refractivity contribution in [1.29, 1.82) is 0 Å². The summed E-state index contributed by atoms with van der Waals surface area (Å²) >= 11 is 0.